The molecule has 0 bridgehead atoms. The molecule has 142 valence electrons. The molecule has 1 aliphatic rings. The van der Waals surface area contributed by atoms with Crippen LogP contribution in [0.4, 0.5) is 0 Å². The van der Waals surface area contributed by atoms with E-state index < -0.39 is 16.6 Å². The number of nitrogens with one attached hydrogen (secondary N) is 1. The van der Waals surface area contributed by atoms with Crippen molar-refractivity contribution in [3.63, 3.8) is 0 Å². The van der Waals surface area contributed by atoms with Crippen molar-refractivity contribution in [1.29, 1.82) is 0 Å². The first-order valence-corrected chi connectivity index (χ1v) is 10.5. The van der Waals surface area contributed by atoms with E-state index in [4.69, 9.17) is 4.74 Å². The van der Waals surface area contributed by atoms with Crippen LogP contribution in [0.2, 0.25) is 0 Å². The van der Waals surface area contributed by atoms with Gasteiger partial charge in [0.1, 0.15) is 0 Å². The Morgan fingerprint density at radius 3 is 2.68 bits per heavy atom. The van der Waals surface area contributed by atoms with E-state index in [0.29, 0.717) is 19.6 Å². The minimum Gasteiger partial charge on any atom is -0.388 e. The third-order valence-electron chi connectivity index (χ3n) is 4.82. The largest absolute Gasteiger partial charge is 0.388 e. The van der Waals surface area contributed by atoms with Gasteiger partial charge >= 0.3 is 0 Å². The predicted molar refractivity (Wildman–Crippen MR) is 104 cm³/mol. The van der Waals surface area contributed by atoms with Crippen molar-refractivity contribution >= 4 is 11.0 Å². The smallest absolute Gasteiger partial charge is 0.0973 e. The summed E-state index contributed by atoms with van der Waals surface area (Å²) < 4.78 is 21.0. The van der Waals surface area contributed by atoms with E-state index >= 15 is 0 Å². The second-order valence-electron chi connectivity index (χ2n) is 8.04. The molecule has 25 heavy (non-hydrogen) atoms. The van der Waals surface area contributed by atoms with E-state index in [-0.39, 0.29) is 10.8 Å². The third-order valence-corrected chi connectivity index (χ3v) is 6.43. The summed E-state index contributed by atoms with van der Waals surface area (Å²) >= 11 is 0. The highest BCUT2D eigenvalue weighted by Gasteiger charge is 2.40. The van der Waals surface area contributed by atoms with Gasteiger partial charge in [-0.05, 0) is 52.0 Å². The molecule has 0 radical (unpaired) electrons. The zero-order valence-electron chi connectivity index (χ0n) is 15.8. The SMILES string of the molecule is CC(C)(C)S(=O)N[C@H]1CCCC[C@@]1(O)CCCOCc1ccccc1. The monoisotopic (exact) mass is 367 g/mol. The first kappa shape index (κ1) is 20.6. The zero-order chi connectivity index (χ0) is 18.3. The average Bonchev–Trinajstić information content (AvgIpc) is 2.57. The summed E-state index contributed by atoms with van der Waals surface area (Å²) in [4.78, 5) is 0. The van der Waals surface area contributed by atoms with E-state index in [1.165, 1.54) is 5.56 Å². The minimum absolute atomic E-state index is 0.101. The molecule has 0 spiro atoms. The van der Waals surface area contributed by atoms with Crippen LogP contribution >= 0.6 is 0 Å². The Balaban J connectivity index is 1.79. The topological polar surface area (TPSA) is 58.6 Å². The lowest BCUT2D eigenvalue weighted by Crippen LogP contribution is -2.55. The summed E-state index contributed by atoms with van der Waals surface area (Å²) in [5.74, 6) is 0. The Bertz CT molecular complexity index is 544. The third kappa shape index (κ3) is 6.48. The minimum atomic E-state index is -1.16. The van der Waals surface area contributed by atoms with E-state index in [9.17, 15) is 9.32 Å². The molecule has 1 aliphatic carbocycles. The van der Waals surface area contributed by atoms with Crippen molar-refractivity contribution in [2.45, 2.75) is 82.3 Å². The molecule has 2 rings (SSSR count). The van der Waals surface area contributed by atoms with Gasteiger partial charge < -0.3 is 9.84 Å². The van der Waals surface area contributed by atoms with Crippen molar-refractivity contribution in [2.75, 3.05) is 6.61 Å². The Morgan fingerprint density at radius 1 is 1.28 bits per heavy atom. The Labute approximate surface area is 155 Å². The Morgan fingerprint density at radius 2 is 2.00 bits per heavy atom. The molecule has 0 aliphatic heterocycles. The quantitative estimate of drug-likeness (QED) is 0.689. The number of hydrogen-bond acceptors (Lipinski definition) is 3. The van der Waals surface area contributed by atoms with E-state index in [1.54, 1.807) is 0 Å². The number of ether oxygens (including phenoxy) is 1. The molecular weight excluding hydrogens is 334 g/mol. The van der Waals surface area contributed by atoms with Crippen LogP contribution in [-0.4, -0.2) is 32.3 Å². The number of rotatable bonds is 8. The highest BCUT2D eigenvalue weighted by Crippen LogP contribution is 2.33. The van der Waals surface area contributed by atoms with Gasteiger partial charge in [-0.25, -0.2) is 8.93 Å². The highest BCUT2D eigenvalue weighted by atomic mass is 32.2. The van der Waals surface area contributed by atoms with Crippen LogP contribution in [0.15, 0.2) is 30.3 Å². The van der Waals surface area contributed by atoms with Crippen LogP contribution in [0.3, 0.4) is 0 Å². The molecular formula is C20H33NO3S. The highest BCUT2D eigenvalue weighted by molar-refractivity contribution is 7.84. The van der Waals surface area contributed by atoms with Gasteiger partial charge in [-0.3, -0.25) is 0 Å². The van der Waals surface area contributed by atoms with Crippen molar-refractivity contribution in [1.82, 2.24) is 4.72 Å². The second kappa shape index (κ2) is 9.26. The van der Waals surface area contributed by atoms with Gasteiger partial charge in [0.25, 0.3) is 0 Å². The van der Waals surface area contributed by atoms with Crippen molar-refractivity contribution in [3.8, 4) is 0 Å². The lowest BCUT2D eigenvalue weighted by atomic mass is 9.78. The molecule has 1 fully saturated rings. The fraction of sp³-hybridized carbons (Fsp3) is 0.700. The maximum Gasteiger partial charge on any atom is 0.0973 e. The van der Waals surface area contributed by atoms with Gasteiger partial charge in [0.15, 0.2) is 0 Å². The lowest BCUT2D eigenvalue weighted by Gasteiger charge is -2.41. The molecule has 0 heterocycles. The molecule has 1 aromatic rings. The summed E-state index contributed by atoms with van der Waals surface area (Å²) in [5, 5.41) is 11.1. The van der Waals surface area contributed by atoms with Crippen LogP contribution in [-0.2, 0) is 22.3 Å². The molecule has 2 N–H and O–H groups in total. The van der Waals surface area contributed by atoms with E-state index in [1.807, 2.05) is 39.0 Å². The summed E-state index contributed by atoms with van der Waals surface area (Å²) in [6.45, 7) is 7.10. The van der Waals surface area contributed by atoms with Gasteiger partial charge in [-0.2, -0.15) is 0 Å². The first-order valence-electron chi connectivity index (χ1n) is 9.33. The molecule has 1 aromatic carbocycles. The van der Waals surface area contributed by atoms with Crippen molar-refractivity contribution in [3.05, 3.63) is 35.9 Å². The standard InChI is InChI=1S/C20H33NO3S/c1-19(2,3)25(23)21-18-12-7-8-13-20(18,22)14-9-15-24-16-17-10-5-4-6-11-17/h4-6,10-11,18,21-22H,7-9,12-16H2,1-3H3/t18-,20+,25?/m0/s1. The number of aliphatic hydroxyl groups is 1. The van der Waals surface area contributed by atoms with Crippen LogP contribution in [0.25, 0.3) is 0 Å². The van der Waals surface area contributed by atoms with Crippen LogP contribution in [0.1, 0.15) is 64.9 Å². The van der Waals surface area contributed by atoms with Gasteiger partial charge in [0, 0.05) is 12.6 Å². The number of hydrogen-bond donors (Lipinski definition) is 2. The molecule has 5 heteroatoms. The molecule has 4 nitrogen and oxygen atoms in total. The van der Waals surface area contributed by atoms with E-state index in [0.717, 1.165) is 32.1 Å². The lowest BCUT2D eigenvalue weighted by molar-refractivity contribution is -0.0339. The van der Waals surface area contributed by atoms with Gasteiger partial charge in [-0.1, -0.05) is 43.2 Å². The Hall–Kier alpha value is -0.750. The van der Waals surface area contributed by atoms with Gasteiger partial charge in [0.05, 0.1) is 27.9 Å². The zero-order valence-corrected chi connectivity index (χ0v) is 16.6. The fourth-order valence-corrected chi connectivity index (χ4v) is 4.19. The average molecular weight is 368 g/mol. The molecule has 0 amide bonds. The van der Waals surface area contributed by atoms with Crippen LogP contribution in [0.5, 0.6) is 0 Å². The molecule has 1 unspecified atom stereocenters. The Kier molecular flexibility index (Phi) is 7.62. The second-order valence-corrected chi connectivity index (χ2v) is 10.0. The van der Waals surface area contributed by atoms with Crippen molar-refractivity contribution in [2.24, 2.45) is 0 Å². The van der Waals surface area contributed by atoms with Crippen LogP contribution < -0.4 is 4.72 Å². The summed E-state index contributed by atoms with van der Waals surface area (Å²) in [6, 6.07) is 10.0. The molecule has 1 saturated carbocycles. The fourth-order valence-electron chi connectivity index (χ4n) is 3.24. The normalized spacial score (nSPS) is 25.7. The van der Waals surface area contributed by atoms with E-state index in [2.05, 4.69) is 16.9 Å². The first-order chi connectivity index (χ1) is 11.8. The number of benzene rings is 1. The summed E-state index contributed by atoms with van der Waals surface area (Å²) in [7, 11) is -1.16. The van der Waals surface area contributed by atoms with Gasteiger partial charge in [-0.15, -0.1) is 0 Å². The molecule has 0 saturated heterocycles. The maximum absolute atomic E-state index is 12.4. The molecule has 0 aromatic heterocycles. The summed E-state index contributed by atoms with van der Waals surface area (Å²) in [6.07, 6.45) is 5.24. The van der Waals surface area contributed by atoms with Crippen LogP contribution in [0, 0.1) is 0 Å². The maximum atomic E-state index is 12.4. The van der Waals surface area contributed by atoms with Gasteiger partial charge in [0.2, 0.25) is 0 Å². The van der Waals surface area contributed by atoms with Crippen molar-refractivity contribution < 1.29 is 14.1 Å². The predicted octanol–water partition coefficient (Wildman–Crippen LogP) is 3.71. The summed E-state index contributed by atoms with van der Waals surface area (Å²) in [5.41, 5.74) is 0.383. The molecule has 3 atom stereocenters.